The Kier molecular flexibility index (Phi) is 5.98. The maximum atomic E-state index is 12.9. The number of sulfone groups is 1. The van der Waals surface area contributed by atoms with Gasteiger partial charge in [0.1, 0.15) is 0 Å². The molecular formula is C23H22ClN3O3S. The van der Waals surface area contributed by atoms with Crippen molar-refractivity contribution in [2.24, 2.45) is 0 Å². The molecule has 1 amide bonds. The van der Waals surface area contributed by atoms with Gasteiger partial charge in [0.15, 0.2) is 5.03 Å². The van der Waals surface area contributed by atoms with E-state index in [2.05, 4.69) is 9.88 Å². The average molecular weight is 456 g/mol. The highest BCUT2D eigenvalue weighted by atomic mass is 35.5. The van der Waals surface area contributed by atoms with Gasteiger partial charge in [0, 0.05) is 43.1 Å². The molecule has 31 heavy (non-hydrogen) atoms. The highest BCUT2D eigenvalue weighted by Gasteiger charge is 2.24. The number of rotatable bonds is 4. The van der Waals surface area contributed by atoms with Gasteiger partial charge in [0.2, 0.25) is 9.84 Å². The van der Waals surface area contributed by atoms with Gasteiger partial charge in [-0.2, -0.15) is 0 Å². The molecule has 0 saturated carbocycles. The second-order valence-electron chi connectivity index (χ2n) is 7.46. The Morgan fingerprint density at radius 1 is 0.968 bits per heavy atom. The molecule has 2 heterocycles. The standard InChI is InChI=1S/C23H22ClN3O3S/c1-17-5-8-21(9-6-17)31(29,30)22-10-7-18(16-25-22)23(28)27-13-11-26(12-14-27)20-4-2-3-19(24)15-20/h2-10,15-16H,11-14H2,1H3. The number of aromatic nitrogens is 1. The van der Waals surface area contributed by atoms with Crippen molar-refractivity contribution in [3.8, 4) is 0 Å². The van der Waals surface area contributed by atoms with Crippen LogP contribution in [-0.2, 0) is 9.84 Å². The predicted octanol–water partition coefficient (Wildman–Crippen LogP) is 3.84. The van der Waals surface area contributed by atoms with Crippen LogP contribution in [0, 0.1) is 6.92 Å². The van der Waals surface area contributed by atoms with Gasteiger partial charge in [-0.1, -0.05) is 35.4 Å². The van der Waals surface area contributed by atoms with Gasteiger partial charge in [-0.05, 0) is 49.4 Å². The van der Waals surface area contributed by atoms with Crippen molar-refractivity contribution in [3.05, 3.63) is 83.0 Å². The van der Waals surface area contributed by atoms with Gasteiger partial charge in [0.25, 0.3) is 5.91 Å². The first-order valence-electron chi connectivity index (χ1n) is 9.92. The fraction of sp³-hybridized carbons (Fsp3) is 0.217. The van der Waals surface area contributed by atoms with Crippen LogP contribution in [0.2, 0.25) is 5.02 Å². The van der Waals surface area contributed by atoms with E-state index in [0.717, 1.165) is 11.3 Å². The summed E-state index contributed by atoms with van der Waals surface area (Å²) in [7, 11) is -3.72. The summed E-state index contributed by atoms with van der Waals surface area (Å²) in [6, 6.07) is 17.2. The molecule has 2 aromatic carbocycles. The maximum absolute atomic E-state index is 12.9. The van der Waals surface area contributed by atoms with Gasteiger partial charge in [-0.3, -0.25) is 4.79 Å². The molecule has 1 aromatic heterocycles. The third-order valence-electron chi connectivity index (χ3n) is 5.33. The largest absolute Gasteiger partial charge is 0.368 e. The molecular weight excluding hydrogens is 434 g/mol. The summed E-state index contributed by atoms with van der Waals surface area (Å²) >= 11 is 6.07. The highest BCUT2D eigenvalue weighted by molar-refractivity contribution is 7.91. The van der Waals surface area contributed by atoms with Crippen molar-refractivity contribution in [1.29, 1.82) is 0 Å². The van der Waals surface area contributed by atoms with Crippen LogP contribution in [0.5, 0.6) is 0 Å². The molecule has 1 aliphatic rings. The summed E-state index contributed by atoms with van der Waals surface area (Å²) < 4.78 is 25.5. The number of carbonyl (C=O) groups is 1. The summed E-state index contributed by atoms with van der Waals surface area (Å²) in [6.07, 6.45) is 1.34. The molecule has 1 fully saturated rings. The first-order valence-corrected chi connectivity index (χ1v) is 11.8. The number of anilines is 1. The molecule has 6 nitrogen and oxygen atoms in total. The summed E-state index contributed by atoms with van der Waals surface area (Å²) in [4.78, 5) is 21.1. The minimum Gasteiger partial charge on any atom is -0.368 e. The lowest BCUT2D eigenvalue weighted by molar-refractivity contribution is 0.0746. The summed E-state index contributed by atoms with van der Waals surface area (Å²) in [6.45, 7) is 4.41. The van der Waals surface area contributed by atoms with Crippen molar-refractivity contribution < 1.29 is 13.2 Å². The van der Waals surface area contributed by atoms with Gasteiger partial charge < -0.3 is 9.80 Å². The van der Waals surface area contributed by atoms with Crippen molar-refractivity contribution >= 4 is 33.0 Å². The zero-order valence-corrected chi connectivity index (χ0v) is 18.6. The first-order chi connectivity index (χ1) is 14.8. The van der Waals surface area contributed by atoms with E-state index >= 15 is 0 Å². The van der Waals surface area contributed by atoms with Crippen LogP contribution in [0.1, 0.15) is 15.9 Å². The fourth-order valence-electron chi connectivity index (χ4n) is 3.53. The molecule has 1 aliphatic heterocycles. The van der Waals surface area contributed by atoms with Crippen LogP contribution in [0.25, 0.3) is 0 Å². The number of piperazine rings is 1. The zero-order chi connectivity index (χ0) is 22.0. The summed E-state index contributed by atoms with van der Waals surface area (Å²) in [5, 5.41) is 0.612. The van der Waals surface area contributed by atoms with E-state index in [9.17, 15) is 13.2 Å². The van der Waals surface area contributed by atoms with E-state index in [1.165, 1.54) is 18.3 Å². The SMILES string of the molecule is Cc1ccc(S(=O)(=O)c2ccc(C(=O)N3CCN(c4cccc(Cl)c4)CC3)cn2)cc1. The van der Waals surface area contributed by atoms with Crippen molar-refractivity contribution in [1.82, 2.24) is 9.88 Å². The van der Waals surface area contributed by atoms with Crippen LogP contribution in [0.15, 0.2) is 76.8 Å². The monoisotopic (exact) mass is 455 g/mol. The number of aryl methyl sites for hydroxylation is 1. The topological polar surface area (TPSA) is 70.6 Å². The van der Waals surface area contributed by atoms with Crippen LogP contribution in [0.4, 0.5) is 5.69 Å². The molecule has 1 saturated heterocycles. The van der Waals surface area contributed by atoms with Crippen LogP contribution < -0.4 is 4.90 Å². The van der Waals surface area contributed by atoms with Gasteiger partial charge in [0.05, 0.1) is 10.5 Å². The Morgan fingerprint density at radius 2 is 1.68 bits per heavy atom. The molecule has 0 N–H and O–H groups in total. The number of pyridine rings is 1. The van der Waals surface area contributed by atoms with E-state index < -0.39 is 9.84 Å². The maximum Gasteiger partial charge on any atom is 0.255 e. The predicted molar refractivity (Wildman–Crippen MR) is 120 cm³/mol. The van der Waals surface area contributed by atoms with E-state index in [0.29, 0.717) is 36.8 Å². The van der Waals surface area contributed by atoms with E-state index in [4.69, 9.17) is 11.6 Å². The number of benzene rings is 2. The number of hydrogen-bond acceptors (Lipinski definition) is 5. The van der Waals surface area contributed by atoms with Crippen molar-refractivity contribution in [3.63, 3.8) is 0 Å². The molecule has 0 aliphatic carbocycles. The third-order valence-corrected chi connectivity index (χ3v) is 7.25. The Labute approximate surface area is 187 Å². The Bertz CT molecular complexity index is 1190. The Morgan fingerprint density at radius 3 is 2.29 bits per heavy atom. The molecule has 0 radical (unpaired) electrons. The molecule has 4 rings (SSSR count). The molecule has 8 heteroatoms. The number of hydrogen-bond donors (Lipinski definition) is 0. The molecule has 160 valence electrons. The van der Waals surface area contributed by atoms with Gasteiger partial charge in [-0.25, -0.2) is 13.4 Å². The Balaban J connectivity index is 1.44. The fourth-order valence-corrected chi connectivity index (χ4v) is 4.89. The quantitative estimate of drug-likeness (QED) is 0.597. The Hall–Kier alpha value is -2.90. The second-order valence-corrected chi connectivity index (χ2v) is 9.79. The molecule has 0 unspecified atom stereocenters. The minimum absolute atomic E-state index is 0.0707. The average Bonchev–Trinajstić information content (AvgIpc) is 2.79. The van der Waals surface area contributed by atoms with Crippen LogP contribution >= 0.6 is 11.6 Å². The smallest absolute Gasteiger partial charge is 0.255 e. The van der Waals surface area contributed by atoms with E-state index in [-0.39, 0.29) is 15.8 Å². The minimum atomic E-state index is -3.72. The highest BCUT2D eigenvalue weighted by Crippen LogP contribution is 2.22. The van der Waals surface area contributed by atoms with Crippen LogP contribution in [-0.4, -0.2) is 50.4 Å². The second kappa shape index (κ2) is 8.69. The van der Waals surface area contributed by atoms with Crippen molar-refractivity contribution in [2.75, 3.05) is 31.1 Å². The number of halogens is 1. The molecule has 3 aromatic rings. The lowest BCUT2D eigenvalue weighted by Crippen LogP contribution is -2.48. The van der Waals surface area contributed by atoms with E-state index in [1.54, 1.807) is 29.2 Å². The molecule has 0 bridgehead atoms. The molecule has 0 atom stereocenters. The molecule has 0 spiro atoms. The van der Waals surface area contributed by atoms with Gasteiger partial charge >= 0.3 is 0 Å². The number of amides is 1. The lowest BCUT2D eigenvalue weighted by Gasteiger charge is -2.36. The third kappa shape index (κ3) is 4.57. The number of carbonyl (C=O) groups excluding carboxylic acids is 1. The summed E-state index contributed by atoms with van der Waals surface area (Å²) in [5.41, 5.74) is 2.38. The lowest BCUT2D eigenvalue weighted by atomic mass is 10.2. The van der Waals surface area contributed by atoms with E-state index in [1.807, 2.05) is 31.2 Å². The van der Waals surface area contributed by atoms with Gasteiger partial charge in [-0.15, -0.1) is 0 Å². The van der Waals surface area contributed by atoms with Crippen molar-refractivity contribution in [2.45, 2.75) is 16.8 Å². The normalized spacial score (nSPS) is 14.5. The summed E-state index contributed by atoms with van der Waals surface area (Å²) in [5.74, 6) is -0.155. The van der Waals surface area contributed by atoms with Crippen LogP contribution in [0.3, 0.4) is 0 Å². The number of nitrogens with zero attached hydrogens (tertiary/aromatic N) is 3. The first kappa shape index (κ1) is 21.3. The zero-order valence-electron chi connectivity index (χ0n) is 17.0.